The van der Waals surface area contributed by atoms with Crippen LogP contribution in [0.15, 0.2) is 6.07 Å². The van der Waals surface area contributed by atoms with Crippen LogP contribution in [-0.2, 0) is 16.9 Å². The van der Waals surface area contributed by atoms with Crippen molar-refractivity contribution in [2.75, 3.05) is 11.5 Å². The highest BCUT2D eigenvalue weighted by molar-refractivity contribution is 7.91. The van der Waals surface area contributed by atoms with Gasteiger partial charge in [0.05, 0.1) is 11.4 Å². The summed E-state index contributed by atoms with van der Waals surface area (Å²) in [5.74, 6) is 0.150. The monoisotopic (exact) mass is 258 g/mol. The summed E-state index contributed by atoms with van der Waals surface area (Å²) < 4.78 is 24.1. The van der Waals surface area contributed by atoms with Crippen LogP contribution in [-0.4, -0.2) is 35.5 Å². The SMILES string of the molecule is CCS(=O)(=O)CCCC(=O)c1cc(C)nn1C. The van der Waals surface area contributed by atoms with Crippen molar-refractivity contribution in [2.45, 2.75) is 26.7 Å². The van der Waals surface area contributed by atoms with Gasteiger partial charge in [-0.1, -0.05) is 6.92 Å². The zero-order valence-electron chi connectivity index (χ0n) is 10.4. The Hall–Kier alpha value is -1.17. The molecule has 0 radical (unpaired) electrons. The number of hydrogen-bond donors (Lipinski definition) is 0. The van der Waals surface area contributed by atoms with Gasteiger partial charge in [-0.2, -0.15) is 5.10 Å². The predicted octanol–water partition coefficient (Wildman–Crippen LogP) is 1.13. The van der Waals surface area contributed by atoms with Gasteiger partial charge in [-0.25, -0.2) is 8.42 Å². The number of Topliss-reactive ketones (excluding diaryl/α,β-unsaturated/α-hetero) is 1. The van der Waals surface area contributed by atoms with Crippen LogP contribution in [0.4, 0.5) is 0 Å². The third-order valence-electron chi connectivity index (χ3n) is 2.59. The van der Waals surface area contributed by atoms with Crippen LogP contribution in [0.1, 0.15) is 35.9 Å². The Morgan fingerprint density at radius 1 is 1.47 bits per heavy atom. The number of rotatable bonds is 6. The molecule has 0 aromatic carbocycles. The second kappa shape index (κ2) is 5.44. The van der Waals surface area contributed by atoms with Gasteiger partial charge in [0.2, 0.25) is 0 Å². The lowest BCUT2D eigenvalue weighted by Crippen LogP contribution is -2.12. The predicted molar refractivity (Wildman–Crippen MR) is 65.8 cm³/mol. The van der Waals surface area contributed by atoms with E-state index in [9.17, 15) is 13.2 Å². The molecule has 0 aliphatic heterocycles. The minimum Gasteiger partial charge on any atom is -0.292 e. The number of ketones is 1. The Morgan fingerprint density at radius 2 is 2.12 bits per heavy atom. The second-order valence-electron chi connectivity index (χ2n) is 4.06. The van der Waals surface area contributed by atoms with Gasteiger partial charge in [-0.05, 0) is 19.4 Å². The van der Waals surface area contributed by atoms with Crippen LogP contribution < -0.4 is 0 Å². The van der Waals surface area contributed by atoms with Gasteiger partial charge in [-0.15, -0.1) is 0 Å². The summed E-state index contributed by atoms with van der Waals surface area (Å²) in [6, 6.07) is 1.72. The minimum absolute atomic E-state index is 0.0561. The van der Waals surface area contributed by atoms with Gasteiger partial charge < -0.3 is 0 Å². The smallest absolute Gasteiger partial charge is 0.180 e. The van der Waals surface area contributed by atoms with E-state index >= 15 is 0 Å². The fraction of sp³-hybridized carbons (Fsp3) is 0.636. The zero-order valence-corrected chi connectivity index (χ0v) is 11.2. The fourth-order valence-corrected chi connectivity index (χ4v) is 2.47. The summed E-state index contributed by atoms with van der Waals surface area (Å²) in [6.45, 7) is 3.43. The highest BCUT2D eigenvalue weighted by atomic mass is 32.2. The molecule has 1 heterocycles. The molecule has 0 unspecified atom stereocenters. The summed E-state index contributed by atoms with van der Waals surface area (Å²) in [5, 5.41) is 4.08. The van der Waals surface area contributed by atoms with E-state index in [-0.39, 0.29) is 23.7 Å². The van der Waals surface area contributed by atoms with Crippen LogP contribution in [0.2, 0.25) is 0 Å². The second-order valence-corrected chi connectivity index (χ2v) is 6.53. The van der Waals surface area contributed by atoms with Gasteiger partial charge in [0, 0.05) is 19.2 Å². The lowest BCUT2D eigenvalue weighted by molar-refractivity contribution is 0.0973. The highest BCUT2D eigenvalue weighted by Crippen LogP contribution is 2.08. The molecule has 0 spiro atoms. The maximum absolute atomic E-state index is 11.8. The van der Waals surface area contributed by atoms with Crippen LogP contribution in [0, 0.1) is 6.92 Å². The first-order valence-corrected chi connectivity index (χ1v) is 7.42. The van der Waals surface area contributed by atoms with E-state index in [0.717, 1.165) is 5.69 Å². The first-order chi connectivity index (χ1) is 7.85. The molecular formula is C11H18N2O3S. The summed E-state index contributed by atoms with van der Waals surface area (Å²) in [7, 11) is -1.27. The molecule has 0 atom stereocenters. The molecule has 0 N–H and O–H groups in total. The highest BCUT2D eigenvalue weighted by Gasteiger charge is 2.13. The first kappa shape index (κ1) is 13.9. The van der Waals surface area contributed by atoms with E-state index in [1.54, 1.807) is 20.0 Å². The Bertz CT molecular complexity index is 503. The van der Waals surface area contributed by atoms with E-state index in [4.69, 9.17) is 0 Å². The maximum atomic E-state index is 11.8. The minimum atomic E-state index is -2.98. The van der Waals surface area contributed by atoms with Crippen LogP contribution in [0.5, 0.6) is 0 Å². The molecule has 0 aliphatic rings. The summed E-state index contributed by atoms with van der Waals surface area (Å²) in [5.41, 5.74) is 1.33. The molecule has 1 aromatic rings. The Kier molecular flexibility index (Phi) is 4.45. The van der Waals surface area contributed by atoms with Gasteiger partial charge >= 0.3 is 0 Å². The van der Waals surface area contributed by atoms with E-state index < -0.39 is 9.84 Å². The molecule has 1 aromatic heterocycles. The molecule has 17 heavy (non-hydrogen) atoms. The van der Waals surface area contributed by atoms with Gasteiger partial charge in [0.1, 0.15) is 15.5 Å². The number of aromatic nitrogens is 2. The summed E-state index contributed by atoms with van der Waals surface area (Å²) in [6.07, 6.45) is 0.622. The van der Waals surface area contributed by atoms with E-state index in [0.29, 0.717) is 12.1 Å². The molecule has 0 bridgehead atoms. The van der Waals surface area contributed by atoms with Crippen molar-refractivity contribution in [3.8, 4) is 0 Å². The Balaban J connectivity index is 2.54. The van der Waals surface area contributed by atoms with Gasteiger partial charge in [-0.3, -0.25) is 9.48 Å². The van der Waals surface area contributed by atoms with Crippen molar-refractivity contribution in [3.63, 3.8) is 0 Å². The number of aryl methyl sites for hydroxylation is 2. The van der Waals surface area contributed by atoms with Crippen LogP contribution in [0.25, 0.3) is 0 Å². The molecule has 6 heteroatoms. The average Bonchev–Trinajstić information content (AvgIpc) is 2.57. The zero-order chi connectivity index (χ0) is 13.1. The Labute approximate surface area is 102 Å². The van der Waals surface area contributed by atoms with Crippen LogP contribution >= 0.6 is 0 Å². The number of carbonyl (C=O) groups is 1. The van der Waals surface area contributed by atoms with Crippen molar-refractivity contribution in [2.24, 2.45) is 7.05 Å². The van der Waals surface area contributed by atoms with E-state index in [1.165, 1.54) is 4.68 Å². The van der Waals surface area contributed by atoms with Crippen molar-refractivity contribution < 1.29 is 13.2 Å². The number of hydrogen-bond acceptors (Lipinski definition) is 4. The van der Waals surface area contributed by atoms with E-state index in [2.05, 4.69) is 5.10 Å². The first-order valence-electron chi connectivity index (χ1n) is 5.60. The normalized spacial score (nSPS) is 11.7. The molecule has 0 amide bonds. The van der Waals surface area contributed by atoms with Crippen molar-refractivity contribution in [1.82, 2.24) is 9.78 Å². The summed E-state index contributed by atoms with van der Waals surface area (Å²) in [4.78, 5) is 11.8. The van der Waals surface area contributed by atoms with Gasteiger partial charge in [0.15, 0.2) is 5.78 Å². The molecule has 0 aliphatic carbocycles. The molecule has 0 fully saturated rings. The lowest BCUT2D eigenvalue weighted by Gasteiger charge is -2.02. The number of nitrogens with zero attached hydrogens (tertiary/aromatic N) is 2. The standard InChI is InChI=1S/C11H18N2O3S/c1-4-17(15,16)7-5-6-11(14)10-8-9(2)12-13(10)3/h8H,4-7H2,1-3H3. The molecule has 0 saturated carbocycles. The number of sulfone groups is 1. The summed E-state index contributed by atoms with van der Waals surface area (Å²) >= 11 is 0. The van der Waals surface area contributed by atoms with Gasteiger partial charge in [0.25, 0.3) is 0 Å². The molecular weight excluding hydrogens is 240 g/mol. The lowest BCUT2D eigenvalue weighted by atomic mass is 10.2. The van der Waals surface area contributed by atoms with Crippen molar-refractivity contribution in [3.05, 3.63) is 17.5 Å². The quantitative estimate of drug-likeness (QED) is 0.717. The van der Waals surface area contributed by atoms with E-state index in [1.807, 2.05) is 6.92 Å². The molecule has 96 valence electrons. The fourth-order valence-electron chi connectivity index (χ4n) is 1.60. The van der Waals surface area contributed by atoms with Crippen molar-refractivity contribution in [1.29, 1.82) is 0 Å². The maximum Gasteiger partial charge on any atom is 0.180 e. The molecule has 1 rings (SSSR count). The third kappa shape index (κ3) is 3.96. The largest absolute Gasteiger partial charge is 0.292 e. The molecule has 5 nitrogen and oxygen atoms in total. The number of carbonyl (C=O) groups excluding carboxylic acids is 1. The van der Waals surface area contributed by atoms with Crippen molar-refractivity contribution >= 4 is 15.6 Å². The average molecular weight is 258 g/mol. The van der Waals surface area contributed by atoms with Crippen LogP contribution in [0.3, 0.4) is 0 Å². The Morgan fingerprint density at radius 3 is 2.59 bits per heavy atom. The topological polar surface area (TPSA) is 69.0 Å². The third-order valence-corrected chi connectivity index (χ3v) is 4.38. The molecule has 0 saturated heterocycles.